The molecule has 5 N–H and O–H groups in total. The van der Waals surface area contributed by atoms with Crippen molar-refractivity contribution < 1.29 is 9.90 Å². The molecule has 0 saturated heterocycles. The fourth-order valence-electron chi connectivity index (χ4n) is 2.76. The molecule has 0 saturated carbocycles. The Balaban J connectivity index is 1.82. The quantitative estimate of drug-likeness (QED) is 0.456. The standard InChI is InChI=1S/C22H20ClN3O2/c23-17-7-6-16-13-26-22(25)19(20(16)11-17)9-3-14-1-4-15(5-2-14)21(28)10-8-18(27)12-24/h1-2,4-7,11,13,18,27H,8,10,12,24H2,(H2,25,26). The maximum Gasteiger partial charge on any atom is 0.162 e. The fraction of sp³-hybridized carbons (Fsp3) is 0.182. The van der Waals surface area contributed by atoms with Gasteiger partial charge in [-0.15, -0.1) is 0 Å². The van der Waals surface area contributed by atoms with E-state index in [0.717, 1.165) is 16.3 Å². The molecule has 0 amide bonds. The van der Waals surface area contributed by atoms with Crippen molar-refractivity contribution in [1.82, 2.24) is 4.98 Å². The number of anilines is 1. The first kappa shape index (κ1) is 19.8. The van der Waals surface area contributed by atoms with Crippen LogP contribution < -0.4 is 11.5 Å². The average Bonchev–Trinajstić information content (AvgIpc) is 2.71. The Morgan fingerprint density at radius 3 is 2.64 bits per heavy atom. The van der Waals surface area contributed by atoms with Crippen LogP contribution in [0.1, 0.15) is 34.3 Å². The van der Waals surface area contributed by atoms with Crippen LogP contribution in [0.5, 0.6) is 0 Å². The third kappa shape index (κ3) is 4.68. The average molecular weight is 394 g/mol. The molecule has 0 fully saturated rings. The minimum absolute atomic E-state index is 0.0378. The molecule has 0 aliphatic rings. The zero-order chi connectivity index (χ0) is 20.1. The lowest BCUT2D eigenvalue weighted by molar-refractivity contribution is 0.0945. The van der Waals surface area contributed by atoms with E-state index in [1.54, 1.807) is 36.5 Å². The van der Waals surface area contributed by atoms with E-state index in [2.05, 4.69) is 16.8 Å². The second kappa shape index (κ2) is 8.85. The molecule has 6 heteroatoms. The molecule has 28 heavy (non-hydrogen) atoms. The predicted octanol–water partition coefficient (Wildman–Crippen LogP) is 3.15. The molecule has 3 aromatic rings. The molecule has 5 nitrogen and oxygen atoms in total. The summed E-state index contributed by atoms with van der Waals surface area (Å²) in [5, 5.41) is 11.8. The molecular formula is C22H20ClN3O2. The molecule has 142 valence electrons. The summed E-state index contributed by atoms with van der Waals surface area (Å²) in [6.45, 7) is 0.152. The van der Waals surface area contributed by atoms with Crippen molar-refractivity contribution in [2.75, 3.05) is 12.3 Å². The Labute approximate surface area is 168 Å². The fourth-order valence-corrected chi connectivity index (χ4v) is 2.94. The third-order valence-electron chi connectivity index (χ3n) is 4.40. The molecule has 2 aromatic carbocycles. The van der Waals surface area contributed by atoms with Gasteiger partial charge < -0.3 is 16.6 Å². The molecule has 3 rings (SSSR count). The summed E-state index contributed by atoms with van der Waals surface area (Å²) in [6, 6.07) is 12.5. The van der Waals surface area contributed by atoms with Crippen LogP contribution in [0.25, 0.3) is 10.8 Å². The molecule has 0 bridgehead atoms. The van der Waals surface area contributed by atoms with E-state index < -0.39 is 6.10 Å². The Kier molecular flexibility index (Phi) is 6.27. The summed E-state index contributed by atoms with van der Waals surface area (Å²) in [7, 11) is 0. The monoisotopic (exact) mass is 393 g/mol. The summed E-state index contributed by atoms with van der Waals surface area (Å²) >= 11 is 6.10. The number of rotatable bonds is 5. The lowest BCUT2D eigenvalue weighted by atomic mass is 10.0. The molecule has 0 aliphatic heterocycles. The second-order valence-electron chi connectivity index (χ2n) is 6.43. The molecule has 0 aliphatic carbocycles. The summed E-state index contributed by atoms with van der Waals surface area (Å²) in [6.07, 6.45) is 1.64. The van der Waals surface area contributed by atoms with E-state index in [1.807, 2.05) is 12.1 Å². The van der Waals surface area contributed by atoms with Crippen molar-refractivity contribution in [1.29, 1.82) is 0 Å². The van der Waals surface area contributed by atoms with Gasteiger partial charge in [0.1, 0.15) is 5.82 Å². The number of carbonyl (C=O) groups excluding carboxylic acids is 1. The Hall–Kier alpha value is -2.91. The van der Waals surface area contributed by atoms with Crippen molar-refractivity contribution in [2.24, 2.45) is 5.73 Å². The first-order valence-electron chi connectivity index (χ1n) is 8.85. The van der Waals surface area contributed by atoms with Crippen molar-refractivity contribution in [2.45, 2.75) is 18.9 Å². The number of hydrogen-bond acceptors (Lipinski definition) is 5. The van der Waals surface area contributed by atoms with E-state index in [4.69, 9.17) is 23.1 Å². The second-order valence-corrected chi connectivity index (χ2v) is 6.87. The highest BCUT2D eigenvalue weighted by molar-refractivity contribution is 6.31. The summed E-state index contributed by atoms with van der Waals surface area (Å²) in [4.78, 5) is 16.3. The van der Waals surface area contributed by atoms with Crippen LogP contribution in [0.4, 0.5) is 5.82 Å². The molecular weight excluding hydrogens is 374 g/mol. The molecule has 1 unspecified atom stereocenters. The largest absolute Gasteiger partial charge is 0.392 e. The van der Waals surface area contributed by atoms with E-state index >= 15 is 0 Å². The molecule has 1 atom stereocenters. The minimum Gasteiger partial charge on any atom is -0.392 e. The highest BCUT2D eigenvalue weighted by atomic mass is 35.5. The highest BCUT2D eigenvalue weighted by Crippen LogP contribution is 2.24. The maximum absolute atomic E-state index is 12.2. The van der Waals surface area contributed by atoms with Crippen LogP contribution in [0.2, 0.25) is 5.02 Å². The van der Waals surface area contributed by atoms with E-state index in [9.17, 15) is 9.90 Å². The zero-order valence-corrected chi connectivity index (χ0v) is 15.9. The molecule has 0 spiro atoms. The van der Waals surface area contributed by atoms with Crippen LogP contribution in [0.15, 0.2) is 48.7 Å². The topological polar surface area (TPSA) is 102 Å². The van der Waals surface area contributed by atoms with Gasteiger partial charge in [-0.3, -0.25) is 4.79 Å². The van der Waals surface area contributed by atoms with Crippen LogP contribution >= 0.6 is 11.6 Å². The van der Waals surface area contributed by atoms with Gasteiger partial charge in [-0.1, -0.05) is 41.6 Å². The van der Waals surface area contributed by atoms with Crippen LogP contribution in [-0.4, -0.2) is 28.5 Å². The smallest absolute Gasteiger partial charge is 0.162 e. The van der Waals surface area contributed by atoms with E-state index in [1.165, 1.54) is 0 Å². The van der Waals surface area contributed by atoms with Crippen molar-refractivity contribution >= 4 is 34.0 Å². The van der Waals surface area contributed by atoms with Gasteiger partial charge in [-0.2, -0.15) is 0 Å². The maximum atomic E-state index is 12.2. The van der Waals surface area contributed by atoms with Gasteiger partial charge in [0.05, 0.1) is 11.7 Å². The van der Waals surface area contributed by atoms with Gasteiger partial charge in [-0.25, -0.2) is 4.98 Å². The minimum atomic E-state index is -0.651. The number of aliphatic hydroxyl groups excluding tert-OH is 1. The third-order valence-corrected chi connectivity index (χ3v) is 4.63. The first-order chi connectivity index (χ1) is 13.5. The normalized spacial score (nSPS) is 11.7. The van der Waals surface area contributed by atoms with Crippen LogP contribution in [0.3, 0.4) is 0 Å². The van der Waals surface area contributed by atoms with Gasteiger partial charge in [0.2, 0.25) is 0 Å². The number of hydrogen-bond donors (Lipinski definition) is 3. The number of ketones is 1. The van der Waals surface area contributed by atoms with E-state index in [-0.39, 0.29) is 18.7 Å². The van der Waals surface area contributed by atoms with E-state index in [0.29, 0.717) is 28.4 Å². The Morgan fingerprint density at radius 1 is 1.18 bits per heavy atom. The van der Waals surface area contributed by atoms with Crippen molar-refractivity contribution in [3.8, 4) is 11.8 Å². The Morgan fingerprint density at radius 2 is 1.93 bits per heavy atom. The van der Waals surface area contributed by atoms with Crippen LogP contribution in [0, 0.1) is 11.8 Å². The summed E-state index contributed by atoms with van der Waals surface area (Å²) in [5.41, 5.74) is 13.3. The number of pyridine rings is 1. The van der Waals surface area contributed by atoms with Gasteiger partial charge in [0, 0.05) is 46.1 Å². The molecule has 0 radical (unpaired) electrons. The Bertz CT molecular complexity index is 1060. The number of benzene rings is 2. The van der Waals surface area contributed by atoms with Gasteiger partial charge in [0.25, 0.3) is 0 Å². The molecule has 1 heterocycles. The number of fused-ring (bicyclic) bond motifs is 1. The number of nitrogens with zero attached hydrogens (tertiary/aromatic N) is 1. The predicted molar refractivity (Wildman–Crippen MR) is 112 cm³/mol. The lowest BCUT2D eigenvalue weighted by Gasteiger charge is -2.06. The summed E-state index contributed by atoms with van der Waals surface area (Å²) in [5.74, 6) is 6.43. The van der Waals surface area contributed by atoms with Crippen molar-refractivity contribution in [3.63, 3.8) is 0 Å². The number of aliphatic hydroxyl groups is 1. The first-order valence-corrected chi connectivity index (χ1v) is 9.23. The number of nitrogen functional groups attached to an aromatic ring is 1. The number of nitrogens with two attached hydrogens (primary N) is 2. The summed E-state index contributed by atoms with van der Waals surface area (Å²) < 4.78 is 0. The number of carbonyl (C=O) groups is 1. The highest BCUT2D eigenvalue weighted by Gasteiger charge is 2.09. The van der Waals surface area contributed by atoms with Crippen molar-refractivity contribution in [3.05, 3.63) is 70.4 Å². The van der Waals surface area contributed by atoms with Gasteiger partial charge in [0.15, 0.2) is 5.78 Å². The number of halogens is 1. The van der Waals surface area contributed by atoms with Gasteiger partial charge in [-0.05, 0) is 30.7 Å². The van der Waals surface area contributed by atoms with Crippen LogP contribution in [-0.2, 0) is 0 Å². The number of Topliss-reactive ketones (excluding diaryl/α,β-unsaturated/α-hetero) is 1. The SMILES string of the molecule is NCC(O)CCC(=O)c1ccc(C#Cc2c(N)ncc3ccc(Cl)cc23)cc1. The molecule has 1 aromatic heterocycles. The number of aromatic nitrogens is 1. The van der Waals surface area contributed by atoms with Gasteiger partial charge >= 0.3 is 0 Å². The zero-order valence-electron chi connectivity index (χ0n) is 15.2. The lowest BCUT2D eigenvalue weighted by Crippen LogP contribution is -2.20.